The third kappa shape index (κ3) is 16.0. The van der Waals surface area contributed by atoms with Gasteiger partial charge in [-0.05, 0) is 81.8 Å². The number of esters is 1. The summed E-state index contributed by atoms with van der Waals surface area (Å²) in [7, 11) is -2.74. The van der Waals surface area contributed by atoms with Crippen LogP contribution in [0, 0.1) is 24.7 Å². The molecule has 0 unspecified atom stereocenters. The minimum absolute atomic E-state index is 0.0306. The number of carboxylic acids is 1. The van der Waals surface area contributed by atoms with Crippen LogP contribution in [0.4, 0.5) is 26.3 Å². The molecule has 6 aromatic heterocycles. The van der Waals surface area contributed by atoms with E-state index in [0.29, 0.717) is 74.0 Å². The molecule has 8 rings (SSSR count). The quantitative estimate of drug-likeness (QED) is 0.0276. The number of aryl methyl sites for hydroxylation is 2. The molecule has 2 saturated carbocycles. The highest BCUT2D eigenvalue weighted by molar-refractivity contribution is 6.76. The normalized spacial score (nSPS) is 15.0. The molecule has 82 heavy (non-hydrogen) atoms. The second kappa shape index (κ2) is 25.9. The van der Waals surface area contributed by atoms with Gasteiger partial charge >= 0.3 is 24.3 Å². The van der Waals surface area contributed by atoms with Gasteiger partial charge in [-0.15, -0.1) is 0 Å². The summed E-state index contributed by atoms with van der Waals surface area (Å²) in [6, 6.07) is 8.42. The van der Waals surface area contributed by atoms with Gasteiger partial charge in [0.1, 0.15) is 48.9 Å². The Morgan fingerprint density at radius 3 is 1.35 bits per heavy atom. The number of hydrogen-bond acceptors (Lipinski definition) is 13. The number of aliphatic carboxylic acids is 1. The molecule has 2 aliphatic rings. The SMILES string of the molecule is CCOC(=O)C1(COc2cc(C)c(-c3cnc(-c4nc(C(F)(F)F)cn4COCC[Si](C)(C)C)c(Cl)c3)cn2)CCC1.Cc1cc(OCC2(C(=O)O)CCC2)ncc1-c1cnc(-c2nc(C(F)(F)F)cn2COCC[Si](C)(C)C)c(Cl)c1. The number of hydrogen-bond donors (Lipinski definition) is 1. The number of carboxylic acid groups (broad SMARTS) is 1. The second-order valence-electron chi connectivity index (χ2n) is 23.2. The van der Waals surface area contributed by atoms with E-state index in [1.807, 2.05) is 13.8 Å². The van der Waals surface area contributed by atoms with Gasteiger partial charge in [0.05, 0.1) is 16.7 Å². The number of pyridine rings is 4. The van der Waals surface area contributed by atoms with Crippen LogP contribution < -0.4 is 9.47 Å². The summed E-state index contributed by atoms with van der Waals surface area (Å²) in [6.07, 6.45) is 3.13. The molecule has 16 nitrogen and oxygen atoms in total. The highest BCUT2D eigenvalue weighted by Crippen LogP contribution is 2.44. The molecule has 26 heteroatoms. The predicted molar refractivity (Wildman–Crippen MR) is 303 cm³/mol. The van der Waals surface area contributed by atoms with Crippen molar-refractivity contribution in [2.75, 3.05) is 33.0 Å². The lowest BCUT2D eigenvalue weighted by Crippen LogP contribution is -2.44. The van der Waals surface area contributed by atoms with Gasteiger partial charge in [-0.2, -0.15) is 26.3 Å². The van der Waals surface area contributed by atoms with Crippen LogP contribution in [0.5, 0.6) is 11.8 Å². The Hall–Kier alpha value is -5.93. The molecule has 0 radical (unpaired) electrons. The summed E-state index contributed by atoms with van der Waals surface area (Å²) in [5, 5.41) is 9.75. The first kappa shape index (κ1) is 63.7. The van der Waals surface area contributed by atoms with Crippen molar-refractivity contribution >= 4 is 51.3 Å². The second-order valence-corrected chi connectivity index (χ2v) is 35.2. The molecule has 0 amide bonds. The van der Waals surface area contributed by atoms with Crippen LogP contribution >= 0.6 is 23.2 Å². The molecule has 0 spiro atoms. The first-order valence-corrected chi connectivity index (χ1v) is 34.9. The third-order valence-electron chi connectivity index (χ3n) is 14.3. The molecule has 2 fully saturated rings. The number of carbonyl (C=O) groups is 2. The summed E-state index contributed by atoms with van der Waals surface area (Å²) in [6.45, 7) is 19.8. The lowest BCUT2D eigenvalue weighted by atomic mass is 9.69. The molecule has 1 N–H and O–H groups in total. The van der Waals surface area contributed by atoms with E-state index in [-0.39, 0.29) is 65.7 Å². The number of rotatable bonds is 23. The van der Waals surface area contributed by atoms with E-state index < -0.39 is 56.7 Å². The largest absolute Gasteiger partial charge is 0.481 e. The average molecular weight is 1220 g/mol. The minimum Gasteiger partial charge on any atom is -0.481 e. The number of alkyl halides is 6. The van der Waals surface area contributed by atoms with Crippen LogP contribution in [0.1, 0.15) is 68.0 Å². The lowest BCUT2D eigenvalue weighted by Gasteiger charge is -2.38. The van der Waals surface area contributed by atoms with E-state index in [2.05, 4.69) is 69.2 Å². The minimum atomic E-state index is -4.64. The van der Waals surface area contributed by atoms with Gasteiger partial charge < -0.3 is 37.9 Å². The van der Waals surface area contributed by atoms with Gasteiger partial charge in [-0.25, -0.2) is 19.9 Å². The van der Waals surface area contributed by atoms with E-state index in [9.17, 15) is 41.0 Å². The van der Waals surface area contributed by atoms with Crippen LogP contribution in [-0.2, 0) is 49.6 Å². The summed E-state index contributed by atoms with van der Waals surface area (Å²) in [5.74, 6) is -0.505. The summed E-state index contributed by atoms with van der Waals surface area (Å²) in [5.41, 5.74) is 0.865. The summed E-state index contributed by atoms with van der Waals surface area (Å²) >= 11 is 13.1. The maximum Gasteiger partial charge on any atom is 0.434 e. The molecule has 0 saturated heterocycles. The highest BCUT2D eigenvalue weighted by Gasteiger charge is 2.47. The highest BCUT2D eigenvalue weighted by atomic mass is 35.5. The van der Waals surface area contributed by atoms with Gasteiger partial charge in [0, 0.05) is 101 Å². The van der Waals surface area contributed by atoms with Gasteiger partial charge in [-0.1, -0.05) is 75.3 Å². The summed E-state index contributed by atoms with van der Waals surface area (Å²) in [4.78, 5) is 49.0. The number of halogens is 8. The fourth-order valence-electron chi connectivity index (χ4n) is 8.83. The Balaban J connectivity index is 0.000000236. The number of imidazole rings is 2. The van der Waals surface area contributed by atoms with Crippen molar-refractivity contribution in [2.24, 2.45) is 10.8 Å². The van der Waals surface area contributed by atoms with E-state index in [0.717, 1.165) is 54.0 Å². The van der Waals surface area contributed by atoms with Crippen molar-refractivity contribution in [1.29, 1.82) is 0 Å². The van der Waals surface area contributed by atoms with Crippen LogP contribution in [0.3, 0.4) is 0 Å². The van der Waals surface area contributed by atoms with Crippen LogP contribution in [-0.4, -0.2) is 105 Å². The first-order chi connectivity index (χ1) is 38.4. The van der Waals surface area contributed by atoms with Crippen molar-refractivity contribution < 1.29 is 64.7 Å². The van der Waals surface area contributed by atoms with Crippen molar-refractivity contribution in [2.45, 2.75) is 136 Å². The van der Waals surface area contributed by atoms with E-state index in [1.165, 1.54) is 21.5 Å². The van der Waals surface area contributed by atoms with Crippen molar-refractivity contribution in [3.05, 3.63) is 94.0 Å². The molecule has 0 bridgehead atoms. The van der Waals surface area contributed by atoms with E-state index in [1.54, 1.807) is 43.6 Å². The summed E-state index contributed by atoms with van der Waals surface area (Å²) < 4.78 is 112. The fourth-order valence-corrected chi connectivity index (χ4v) is 10.8. The first-order valence-electron chi connectivity index (χ1n) is 26.8. The topological polar surface area (TPSA) is 188 Å². The molecule has 0 aromatic carbocycles. The van der Waals surface area contributed by atoms with Crippen LogP contribution in [0.15, 0.2) is 61.4 Å². The molecule has 6 aromatic rings. The lowest BCUT2D eigenvalue weighted by molar-refractivity contribution is -0.164. The fraction of sp³-hybridized carbons (Fsp3) is 0.500. The molecule has 2 aliphatic carbocycles. The molecule has 6 heterocycles. The molecular formula is C56H68Cl2F6N8O8Si2. The smallest absolute Gasteiger partial charge is 0.434 e. The average Bonchev–Trinajstić information content (AvgIpc) is 3.99. The molecular weight excluding hydrogens is 1150 g/mol. The Kier molecular flexibility index (Phi) is 20.1. The maximum absolute atomic E-state index is 13.5. The number of carbonyl (C=O) groups excluding carboxylic acids is 1. The molecule has 444 valence electrons. The number of ether oxygens (including phenoxy) is 5. The van der Waals surface area contributed by atoms with E-state index >= 15 is 0 Å². The van der Waals surface area contributed by atoms with Gasteiger partial charge in [0.15, 0.2) is 23.0 Å². The monoisotopic (exact) mass is 1220 g/mol. The number of nitrogens with zero attached hydrogens (tertiary/aromatic N) is 8. The zero-order valence-corrected chi connectivity index (χ0v) is 50.8. The predicted octanol–water partition coefficient (Wildman–Crippen LogP) is 14.3. The van der Waals surface area contributed by atoms with Crippen molar-refractivity contribution in [1.82, 2.24) is 39.0 Å². The van der Waals surface area contributed by atoms with Crippen molar-refractivity contribution in [3.8, 4) is 57.1 Å². The third-order valence-corrected chi connectivity index (χ3v) is 18.2. The van der Waals surface area contributed by atoms with Gasteiger partial charge in [0.25, 0.3) is 0 Å². The molecule has 0 aliphatic heterocycles. The van der Waals surface area contributed by atoms with Gasteiger partial charge in [0.2, 0.25) is 11.8 Å². The van der Waals surface area contributed by atoms with Crippen LogP contribution in [0.2, 0.25) is 61.4 Å². The van der Waals surface area contributed by atoms with E-state index in [4.69, 9.17) is 46.9 Å². The van der Waals surface area contributed by atoms with Crippen LogP contribution in [0.25, 0.3) is 45.3 Å². The number of aromatic nitrogens is 8. The zero-order valence-electron chi connectivity index (χ0n) is 47.3. The zero-order chi connectivity index (χ0) is 60.0. The maximum atomic E-state index is 13.5. The van der Waals surface area contributed by atoms with Gasteiger partial charge in [-0.3, -0.25) is 19.6 Å². The molecule has 0 atom stereocenters. The Labute approximate surface area is 484 Å². The Morgan fingerprint density at radius 1 is 0.634 bits per heavy atom. The standard InChI is InChI=1S/C29H36ClF3N4O4Si.C27H32ClF3N4O4Si/c1-6-40-27(38)28(8-7-9-28)17-41-24-12-19(2)21(15-34-24)20-13-22(30)25(35-14-20)26-36-23(29(31,32)33)16-37(26)18-39-10-11-42(3,4)5;1-17-10-22(39-15-26(25(36)37)6-5-7-26)32-13-19(17)18-11-20(28)23(33-12-18)24-34-21(27(29,30)31)14-35(24)16-38-8-9-40(2,3)4/h12-16H,6-11,17-18H2,1-5H3;10-14H,5-9,15-16H2,1-4H3,(H,36,37). The van der Waals surface area contributed by atoms with Crippen molar-refractivity contribution in [3.63, 3.8) is 0 Å². The Bertz CT molecular complexity index is 3230. The Morgan fingerprint density at radius 2 is 1.04 bits per heavy atom.